The maximum atomic E-state index is 12.4. The van der Waals surface area contributed by atoms with Gasteiger partial charge in [0, 0.05) is 13.1 Å². The molecular weight excluding hydrogens is 338 g/mol. The molecule has 0 aliphatic rings. The first-order valence-corrected chi connectivity index (χ1v) is 9.42. The monoisotopic (exact) mass is 365 g/mol. The number of hydrogen-bond acceptors (Lipinski definition) is 3. The minimum Gasteiger partial charge on any atom is -0.481 e. The second-order valence-corrected chi connectivity index (χ2v) is 7.08. The second-order valence-electron chi connectivity index (χ2n) is 7.08. The third-order valence-corrected chi connectivity index (χ3v) is 4.69. The van der Waals surface area contributed by atoms with Crippen LogP contribution in [-0.4, -0.2) is 28.1 Å². The lowest BCUT2D eigenvalue weighted by Crippen LogP contribution is -2.38. The van der Waals surface area contributed by atoms with Crippen molar-refractivity contribution in [3.8, 4) is 5.75 Å². The SMILES string of the molecule is Cc1nc2ccccc2n1CCNC(=O)C(C)Oc1cccc(C(C)C)c1. The van der Waals surface area contributed by atoms with Crippen molar-refractivity contribution in [1.82, 2.24) is 14.9 Å². The molecule has 1 N–H and O–H groups in total. The van der Waals surface area contributed by atoms with Crippen LogP contribution in [0.4, 0.5) is 0 Å². The van der Waals surface area contributed by atoms with Gasteiger partial charge in [0.05, 0.1) is 11.0 Å². The van der Waals surface area contributed by atoms with Crippen LogP contribution >= 0.6 is 0 Å². The van der Waals surface area contributed by atoms with Crippen molar-refractivity contribution in [2.75, 3.05) is 6.54 Å². The fourth-order valence-corrected chi connectivity index (χ4v) is 3.12. The zero-order valence-corrected chi connectivity index (χ0v) is 16.4. The fraction of sp³-hybridized carbons (Fsp3) is 0.364. The highest BCUT2D eigenvalue weighted by Crippen LogP contribution is 2.21. The summed E-state index contributed by atoms with van der Waals surface area (Å²) < 4.78 is 7.94. The third kappa shape index (κ3) is 4.48. The molecule has 5 heteroatoms. The van der Waals surface area contributed by atoms with Crippen molar-refractivity contribution in [1.29, 1.82) is 0 Å². The molecule has 3 rings (SSSR count). The zero-order chi connectivity index (χ0) is 19.4. The smallest absolute Gasteiger partial charge is 0.260 e. The molecule has 1 heterocycles. The molecular formula is C22H27N3O2. The lowest BCUT2D eigenvalue weighted by atomic mass is 10.0. The molecule has 3 aromatic rings. The van der Waals surface area contributed by atoms with Crippen LogP contribution in [0.15, 0.2) is 48.5 Å². The Morgan fingerprint density at radius 1 is 1.15 bits per heavy atom. The lowest BCUT2D eigenvalue weighted by molar-refractivity contribution is -0.127. The van der Waals surface area contributed by atoms with Gasteiger partial charge < -0.3 is 14.6 Å². The molecule has 27 heavy (non-hydrogen) atoms. The fourth-order valence-electron chi connectivity index (χ4n) is 3.12. The summed E-state index contributed by atoms with van der Waals surface area (Å²) in [5, 5.41) is 2.96. The highest BCUT2D eigenvalue weighted by atomic mass is 16.5. The lowest BCUT2D eigenvalue weighted by Gasteiger charge is -2.16. The minimum atomic E-state index is -0.548. The maximum absolute atomic E-state index is 12.4. The summed E-state index contributed by atoms with van der Waals surface area (Å²) in [6, 6.07) is 15.9. The highest BCUT2D eigenvalue weighted by Gasteiger charge is 2.15. The van der Waals surface area contributed by atoms with Gasteiger partial charge in [-0.05, 0) is 49.6 Å². The van der Waals surface area contributed by atoms with Crippen LogP contribution in [-0.2, 0) is 11.3 Å². The first-order chi connectivity index (χ1) is 13.0. The van der Waals surface area contributed by atoms with Gasteiger partial charge in [-0.2, -0.15) is 0 Å². The van der Waals surface area contributed by atoms with Gasteiger partial charge in [-0.25, -0.2) is 4.98 Å². The van der Waals surface area contributed by atoms with Gasteiger partial charge in [0.25, 0.3) is 5.91 Å². The van der Waals surface area contributed by atoms with E-state index >= 15 is 0 Å². The number of aryl methyl sites for hydroxylation is 1. The second kappa shape index (κ2) is 8.25. The summed E-state index contributed by atoms with van der Waals surface area (Å²) >= 11 is 0. The van der Waals surface area contributed by atoms with Crippen LogP contribution in [0.2, 0.25) is 0 Å². The number of hydrogen-bond donors (Lipinski definition) is 1. The van der Waals surface area contributed by atoms with Crippen molar-refractivity contribution in [2.45, 2.75) is 46.3 Å². The van der Waals surface area contributed by atoms with Crippen LogP contribution in [0.3, 0.4) is 0 Å². The molecule has 0 radical (unpaired) electrons. The van der Waals surface area contributed by atoms with Crippen molar-refractivity contribution in [3.63, 3.8) is 0 Å². The van der Waals surface area contributed by atoms with Gasteiger partial charge in [-0.3, -0.25) is 4.79 Å². The van der Waals surface area contributed by atoms with E-state index in [4.69, 9.17) is 4.74 Å². The number of benzene rings is 2. The number of nitrogens with one attached hydrogen (secondary N) is 1. The van der Waals surface area contributed by atoms with E-state index in [1.165, 1.54) is 5.56 Å². The maximum Gasteiger partial charge on any atom is 0.260 e. The van der Waals surface area contributed by atoms with Crippen LogP contribution in [0.1, 0.15) is 38.1 Å². The zero-order valence-electron chi connectivity index (χ0n) is 16.4. The number of imidazole rings is 1. The van der Waals surface area contributed by atoms with Crippen molar-refractivity contribution in [2.24, 2.45) is 0 Å². The Hall–Kier alpha value is -2.82. The third-order valence-electron chi connectivity index (χ3n) is 4.69. The molecule has 0 spiro atoms. The molecule has 2 aromatic carbocycles. The number of para-hydroxylation sites is 2. The predicted molar refractivity (Wildman–Crippen MR) is 108 cm³/mol. The molecule has 1 unspecified atom stereocenters. The van der Waals surface area contributed by atoms with Gasteiger partial charge in [0.1, 0.15) is 11.6 Å². The Morgan fingerprint density at radius 3 is 2.70 bits per heavy atom. The molecule has 0 saturated heterocycles. The van der Waals surface area contributed by atoms with Crippen LogP contribution in [0.25, 0.3) is 11.0 Å². The van der Waals surface area contributed by atoms with Gasteiger partial charge in [0.15, 0.2) is 6.10 Å². The van der Waals surface area contributed by atoms with Crippen LogP contribution < -0.4 is 10.1 Å². The summed E-state index contributed by atoms with van der Waals surface area (Å²) in [5.74, 6) is 1.97. The van der Waals surface area contributed by atoms with E-state index in [1.807, 2.05) is 49.4 Å². The van der Waals surface area contributed by atoms with E-state index in [2.05, 4.69) is 34.8 Å². The van der Waals surface area contributed by atoms with E-state index in [-0.39, 0.29) is 5.91 Å². The van der Waals surface area contributed by atoms with Crippen LogP contribution in [0.5, 0.6) is 5.75 Å². The van der Waals surface area contributed by atoms with Gasteiger partial charge in [0.2, 0.25) is 0 Å². The average molecular weight is 365 g/mol. The summed E-state index contributed by atoms with van der Waals surface area (Å²) in [7, 11) is 0. The Morgan fingerprint density at radius 2 is 1.93 bits per heavy atom. The van der Waals surface area contributed by atoms with Crippen molar-refractivity contribution < 1.29 is 9.53 Å². The Bertz CT molecular complexity index is 930. The van der Waals surface area contributed by atoms with E-state index < -0.39 is 6.10 Å². The average Bonchev–Trinajstić information content (AvgIpc) is 2.97. The number of carbonyl (C=O) groups excluding carboxylic acids is 1. The number of amides is 1. The first kappa shape index (κ1) is 19.0. The molecule has 0 aliphatic heterocycles. The highest BCUT2D eigenvalue weighted by molar-refractivity contribution is 5.80. The summed E-state index contributed by atoms with van der Waals surface area (Å²) in [5.41, 5.74) is 3.25. The van der Waals surface area contributed by atoms with E-state index in [0.717, 1.165) is 22.6 Å². The Labute approximate surface area is 160 Å². The number of aromatic nitrogens is 2. The topological polar surface area (TPSA) is 56.2 Å². The standard InChI is InChI=1S/C22H27N3O2/c1-15(2)18-8-7-9-19(14-18)27-16(3)22(26)23-12-13-25-17(4)24-20-10-5-6-11-21(20)25/h5-11,14-16H,12-13H2,1-4H3,(H,23,26). The molecule has 0 saturated carbocycles. The normalized spacial score (nSPS) is 12.3. The molecule has 0 fully saturated rings. The number of nitrogens with zero attached hydrogens (tertiary/aromatic N) is 2. The molecule has 1 atom stereocenters. The largest absolute Gasteiger partial charge is 0.481 e. The molecule has 5 nitrogen and oxygen atoms in total. The Balaban J connectivity index is 1.56. The number of carbonyl (C=O) groups is 1. The number of fused-ring (bicyclic) bond motifs is 1. The molecule has 0 bridgehead atoms. The Kier molecular flexibility index (Phi) is 5.79. The minimum absolute atomic E-state index is 0.118. The molecule has 142 valence electrons. The summed E-state index contributed by atoms with van der Waals surface area (Å²) in [6.07, 6.45) is -0.548. The van der Waals surface area contributed by atoms with E-state index in [9.17, 15) is 4.79 Å². The van der Waals surface area contributed by atoms with Crippen molar-refractivity contribution >= 4 is 16.9 Å². The number of rotatable bonds is 7. The van der Waals surface area contributed by atoms with Crippen LogP contribution in [0, 0.1) is 6.92 Å². The predicted octanol–water partition coefficient (Wildman–Crippen LogP) is 4.05. The molecule has 1 aromatic heterocycles. The molecule has 1 amide bonds. The quantitative estimate of drug-likeness (QED) is 0.687. The first-order valence-electron chi connectivity index (χ1n) is 9.42. The van der Waals surface area contributed by atoms with Gasteiger partial charge in [-0.1, -0.05) is 38.1 Å². The molecule has 0 aliphatic carbocycles. The van der Waals surface area contributed by atoms with Gasteiger partial charge in [-0.15, -0.1) is 0 Å². The summed E-state index contributed by atoms with van der Waals surface area (Å²) in [6.45, 7) is 9.23. The van der Waals surface area contributed by atoms with E-state index in [0.29, 0.717) is 19.0 Å². The summed E-state index contributed by atoms with van der Waals surface area (Å²) in [4.78, 5) is 16.9. The van der Waals surface area contributed by atoms with E-state index in [1.54, 1.807) is 6.92 Å². The van der Waals surface area contributed by atoms with Gasteiger partial charge >= 0.3 is 0 Å². The number of ether oxygens (including phenoxy) is 1. The van der Waals surface area contributed by atoms with Crippen molar-refractivity contribution in [3.05, 3.63) is 59.9 Å².